The largest absolute Gasteiger partial charge is 0.309 e. The van der Waals surface area contributed by atoms with Gasteiger partial charge in [-0.15, -0.1) is 0 Å². The van der Waals surface area contributed by atoms with E-state index in [1.54, 1.807) is 6.20 Å². The minimum atomic E-state index is 0.269. The Morgan fingerprint density at radius 2 is 2.00 bits per heavy atom. The van der Waals surface area contributed by atoms with Crippen LogP contribution in [0.3, 0.4) is 0 Å². The van der Waals surface area contributed by atoms with Gasteiger partial charge in [0.15, 0.2) is 5.82 Å². The molecular formula is C16H14N4. The number of benzene rings is 1. The van der Waals surface area contributed by atoms with Crippen LogP contribution in [-0.4, -0.2) is 14.5 Å². The highest BCUT2D eigenvalue weighted by Gasteiger charge is 2.14. The third-order valence-electron chi connectivity index (χ3n) is 3.49. The zero-order chi connectivity index (χ0) is 14.1. The molecule has 2 heterocycles. The lowest BCUT2D eigenvalue weighted by Gasteiger charge is -2.05. The standard InChI is InChI=1S/C16H14N4/c1-11-9-14-15(10-12(11)2)20(8-6-17)16(19-14)13-5-3-4-7-18-13/h3-5,7,9-10H,8H2,1-2H3. The first-order chi connectivity index (χ1) is 9.70. The van der Waals surface area contributed by atoms with E-state index in [9.17, 15) is 0 Å². The van der Waals surface area contributed by atoms with E-state index < -0.39 is 0 Å². The van der Waals surface area contributed by atoms with Gasteiger partial charge in [-0.1, -0.05) is 6.07 Å². The van der Waals surface area contributed by atoms with Gasteiger partial charge in [0.2, 0.25) is 0 Å². The van der Waals surface area contributed by atoms with Crippen molar-refractivity contribution in [3.63, 3.8) is 0 Å². The fourth-order valence-electron chi connectivity index (χ4n) is 2.30. The van der Waals surface area contributed by atoms with E-state index in [0.29, 0.717) is 0 Å². The van der Waals surface area contributed by atoms with E-state index in [1.165, 1.54) is 11.1 Å². The zero-order valence-electron chi connectivity index (χ0n) is 11.5. The summed E-state index contributed by atoms with van der Waals surface area (Å²) in [6.45, 7) is 4.41. The molecule has 0 N–H and O–H groups in total. The van der Waals surface area contributed by atoms with Gasteiger partial charge in [-0.3, -0.25) is 4.98 Å². The quantitative estimate of drug-likeness (QED) is 0.712. The molecule has 0 atom stereocenters. The van der Waals surface area contributed by atoms with E-state index >= 15 is 0 Å². The van der Waals surface area contributed by atoms with Crippen LogP contribution in [0.25, 0.3) is 22.6 Å². The SMILES string of the molecule is Cc1cc2nc(-c3ccccn3)n(CC#N)c2cc1C. The Morgan fingerprint density at radius 1 is 1.20 bits per heavy atom. The van der Waals surface area contributed by atoms with E-state index in [0.717, 1.165) is 22.6 Å². The number of pyridine rings is 1. The predicted octanol–water partition coefficient (Wildman–Crippen LogP) is 3.24. The molecule has 0 unspecified atom stereocenters. The van der Waals surface area contributed by atoms with Crippen LogP contribution in [0.2, 0.25) is 0 Å². The van der Waals surface area contributed by atoms with Crippen molar-refractivity contribution in [1.29, 1.82) is 5.26 Å². The molecule has 1 aromatic carbocycles. The second-order valence-electron chi connectivity index (χ2n) is 4.82. The minimum absolute atomic E-state index is 0.269. The summed E-state index contributed by atoms with van der Waals surface area (Å²) in [6, 6.07) is 12.1. The van der Waals surface area contributed by atoms with Gasteiger partial charge in [0.1, 0.15) is 12.2 Å². The molecule has 2 aromatic heterocycles. The van der Waals surface area contributed by atoms with Gasteiger partial charge >= 0.3 is 0 Å². The van der Waals surface area contributed by atoms with E-state index in [4.69, 9.17) is 5.26 Å². The van der Waals surface area contributed by atoms with Crippen LogP contribution in [0.4, 0.5) is 0 Å². The van der Waals surface area contributed by atoms with Crippen LogP contribution < -0.4 is 0 Å². The van der Waals surface area contributed by atoms with Crippen molar-refractivity contribution < 1.29 is 0 Å². The molecule has 0 spiro atoms. The third-order valence-corrected chi connectivity index (χ3v) is 3.49. The Bertz CT molecular complexity index is 810. The van der Waals surface area contributed by atoms with Crippen LogP contribution in [0, 0.1) is 25.2 Å². The van der Waals surface area contributed by atoms with Crippen LogP contribution in [0.1, 0.15) is 11.1 Å². The normalized spacial score (nSPS) is 10.7. The molecule has 4 nitrogen and oxygen atoms in total. The number of nitriles is 1. The number of aryl methyl sites for hydroxylation is 2. The Labute approximate surface area is 117 Å². The van der Waals surface area contributed by atoms with Crippen molar-refractivity contribution in [3.05, 3.63) is 47.7 Å². The van der Waals surface area contributed by atoms with Gasteiger partial charge in [-0.2, -0.15) is 5.26 Å². The molecule has 0 aliphatic rings. The average molecular weight is 262 g/mol. The monoisotopic (exact) mass is 262 g/mol. The minimum Gasteiger partial charge on any atom is -0.309 e. The highest BCUT2D eigenvalue weighted by Crippen LogP contribution is 2.25. The lowest BCUT2D eigenvalue weighted by atomic mass is 10.1. The van der Waals surface area contributed by atoms with Gasteiger partial charge in [0, 0.05) is 6.20 Å². The number of fused-ring (bicyclic) bond motifs is 1. The molecule has 0 aliphatic carbocycles. The summed E-state index contributed by atoms with van der Waals surface area (Å²) in [7, 11) is 0. The molecule has 3 aromatic rings. The summed E-state index contributed by atoms with van der Waals surface area (Å²) in [5.74, 6) is 0.743. The molecule has 0 fully saturated rings. The second kappa shape index (κ2) is 4.78. The van der Waals surface area contributed by atoms with Crippen molar-refractivity contribution in [2.24, 2.45) is 0 Å². The van der Waals surface area contributed by atoms with Crippen molar-refractivity contribution in [2.45, 2.75) is 20.4 Å². The molecule has 0 radical (unpaired) electrons. The van der Waals surface area contributed by atoms with Crippen molar-refractivity contribution in [3.8, 4) is 17.6 Å². The smallest absolute Gasteiger partial charge is 0.160 e. The number of rotatable bonds is 2. The van der Waals surface area contributed by atoms with E-state index in [2.05, 4.69) is 42.0 Å². The molecule has 3 rings (SSSR count). The van der Waals surface area contributed by atoms with Crippen molar-refractivity contribution in [2.75, 3.05) is 0 Å². The molecule has 0 saturated carbocycles. The number of imidazole rings is 1. The van der Waals surface area contributed by atoms with Crippen LogP contribution >= 0.6 is 0 Å². The van der Waals surface area contributed by atoms with Crippen molar-refractivity contribution in [1.82, 2.24) is 14.5 Å². The molecule has 4 heteroatoms. The maximum atomic E-state index is 9.07. The summed E-state index contributed by atoms with van der Waals surface area (Å²) in [4.78, 5) is 8.99. The average Bonchev–Trinajstić information content (AvgIpc) is 2.79. The Morgan fingerprint density at radius 3 is 2.70 bits per heavy atom. The number of aromatic nitrogens is 3. The molecule has 98 valence electrons. The van der Waals surface area contributed by atoms with E-state index in [1.807, 2.05) is 22.8 Å². The first kappa shape index (κ1) is 12.4. The van der Waals surface area contributed by atoms with Gasteiger partial charge in [-0.05, 0) is 49.2 Å². The molecule has 0 amide bonds. The Balaban J connectivity index is 2.32. The van der Waals surface area contributed by atoms with Crippen molar-refractivity contribution >= 4 is 11.0 Å². The van der Waals surface area contributed by atoms with Gasteiger partial charge in [0.05, 0.1) is 17.1 Å². The second-order valence-corrected chi connectivity index (χ2v) is 4.82. The highest BCUT2D eigenvalue weighted by atomic mass is 15.1. The van der Waals surface area contributed by atoms with Gasteiger partial charge in [-0.25, -0.2) is 4.98 Å². The topological polar surface area (TPSA) is 54.5 Å². The summed E-state index contributed by atoms with van der Waals surface area (Å²) in [5, 5.41) is 9.07. The lowest BCUT2D eigenvalue weighted by Crippen LogP contribution is -2.00. The molecule has 20 heavy (non-hydrogen) atoms. The first-order valence-corrected chi connectivity index (χ1v) is 6.46. The van der Waals surface area contributed by atoms with Crippen LogP contribution in [-0.2, 0) is 6.54 Å². The molecule has 0 bridgehead atoms. The summed E-state index contributed by atoms with van der Waals surface area (Å²) >= 11 is 0. The van der Waals surface area contributed by atoms with E-state index in [-0.39, 0.29) is 6.54 Å². The number of hydrogen-bond donors (Lipinski definition) is 0. The maximum Gasteiger partial charge on any atom is 0.160 e. The molecular weight excluding hydrogens is 248 g/mol. The summed E-state index contributed by atoms with van der Waals surface area (Å²) in [5.41, 5.74) is 5.07. The maximum absolute atomic E-state index is 9.07. The highest BCUT2D eigenvalue weighted by molar-refractivity contribution is 5.81. The van der Waals surface area contributed by atoms with Crippen LogP contribution in [0.5, 0.6) is 0 Å². The lowest BCUT2D eigenvalue weighted by molar-refractivity contribution is 0.865. The van der Waals surface area contributed by atoms with Crippen LogP contribution in [0.15, 0.2) is 36.5 Å². The summed E-state index contributed by atoms with van der Waals surface area (Å²) in [6.07, 6.45) is 1.74. The third kappa shape index (κ3) is 1.94. The van der Waals surface area contributed by atoms with Gasteiger partial charge in [0.25, 0.3) is 0 Å². The fourth-order valence-corrected chi connectivity index (χ4v) is 2.30. The number of nitrogens with zero attached hydrogens (tertiary/aromatic N) is 4. The Kier molecular flexibility index (Phi) is 2.96. The summed E-state index contributed by atoms with van der Waals surface area (Å²) < 4.78 is 1.92. The fraction of sp³-hybridized carbons (Fsp3) is 0.188. The predicted molar refractivity (Wildman–Crippen MR) is 78.1 cm³/mol. The zero-order valence-corrected chi connectivity index (χ0v) is 11.5. The first-order valence-electron chi connectivity index (χ1n) is 6.46. The molecule has 0 saturated heterocycles. The van der Waals surface area contributed by atoms with Gasteiger partial charge < -0.3 is 4.57 Å². The Hall–Kier alpha value is -2.67. The number of hydrogen-bond acceptors (Lipinski definition) is 3. The molecule has 0 aliphatic heterocycles.